The first-order chi connectivity index (χ1) is 23.6. The smallest absolute Gasteiger partial charge is 0.0700 e. The van der Waals surface area contributed by atoms with Crippen LogP contribution in [0.15, 0.2) is 60.7 Å². The summed E-state index contributed by atoms with van der Waals surface area (Å²) in [5.74, 6) is 3.20. The van der Waals surface area contributed by atoms with E-state index in [-0.39, 0.29) is 0 Å². The Bertz CT molecular complexity index is 2280. The third kappa shape index (κ3) is 3.67. The van der Waals surface area contributed by atoms with Gasteiger partial charge in [-0.2, -0.15) is 0 Å². The molecule has 48 heavy (non-hydrogen) atoms. The molecule has 2 aliphatic heterocycles. The molecule has 0 spiro atoms. The molecule has 7 atom stereocenters. The van der Waals surface area contributed by atoms with Crippen molar-refractivity contribution in [3.8, 4) is 0 Å². The summed E-state index contributed by atoms with van der Waals surface area (Å²) < 4.78 is 0. The van der Waals surface area contributed by atoms with Crippen molar-refractivity contribution in [2.75, 3.05) is 0 Å². The van der Waals surface area contributed by atoms with Gasteiger partial charge in [-0.05, 0) is 126 Å². The number of allylic oxidation sites excluding steroid dienone is 10. The van der Waals surface area contributed by atoms with Crippen LogP contribution in [0.2, 0.25) is 0 Å². The molecule has 2 N–H and O–H groups in total. The Morgan fingerprint density at radius 1 is 0.542 bits per heavy atom. The second-order valence-electron chi connectivity index (χ2n) is 15.8. The number of rotatable bonds is 3. The largest absolute Gasteiger partial charge is 0.355 e. The minimum Gasteiger partial charge on any atom is -0.355 e. The van der Waals surface area contributed by atoms with Crippen LogP contribution in [-0.4, -0.2) is 19.9 Å². The van der Waals surface area contributed by atoms with Crippen molar-refractivity contribution in [1.82, 2.24) is 19.9 Å². The van der Waals surface area contributed by atoms with Gasteiger partial charge in [-0.15, -0.1) is 0 Å². The molecule has 0 amide bonds. The summed E-state index contributed by atoms with van der Waals surface area (Å²) in [7, 11) is 0. The normalized spacial score (nSPS) is 29.1. The summed E-state index contributed by atoms with van der Waals surface area (Å²) in [4.78, 5) is 19.2. The molecular formula is C44H44N4. The molecule has 5 heterocycles. The zero-order valence-electron chi connectivity index (χ0n) is 28.4. The fourth-order valence-corrected chi connectivity index (χ4v) is 11.1. The van der Waals surface area contributed by atoms with Gasteiger partial charge in [-0.25, -0.2) is 9.97 Å². The van der Waals surface area contributed by atoms with E-state index in [9.17, 15) is 0 Å². The van der Waals surface area contributed by atoms with E-state index in [0.29, 0.717) is 41.4 Å². The predicted octanol–water partition coefficient (Wildman–Crippen LogP) is 10.9. The van der Waals surface area contributed by atoms with E-state index < -0.39 is 0 Å². The van der Waals surface area contributed by atoms with Crippen LogP contribution in [0.5, 0.6) is 0 Å². The molecule has 4 nitrogen and oxygen atoms in total. The molecule has 0 aromatic carbocycles. The Labute approximate surface area is 282 Å². The third-order valence-corrected chi connectivity index (χ3v) is 13.4. The van der Waals surface area contributed by atoms with Crippen molar-refractivity contribution in [2.45, 2.75) is 89.9 Å². The number of H-pyrrole nitrogens is 2. The van der Waals surface area contributed by atoms with Crippen LogP contribution < -0.4 is 0 Å². The molecule has 14 rings (SSSR count). The van der Waals surface area contributed by atoms with Crippen LogP contribution in [0.25, 0.3) is 44.4 Å². The molecular weight excluding hydrogens is 585 g/mol. The molecule has 11 aliphatic rings. The third-order valence-electron chi connectivity index (χ3n) is 13.4. The highest BCUT2D eigenvalue weighted by Gasteiger charge is 2.40. The summed E-state index contributed by atoms with van der Waals surface area (Å²) in [6.45, 7) is 7.06. The molecule has 0 radical (unpaired) electrons. The lowest BCUT2D eigenvalue weighted by molar-refractivity contribution is 0.557. The Kier molecular flexibility index (Phi) is 5.74. The molecule has 9 aliphatic carbocycles. The lowest BCUT2D eigenvalue weighted by Crippen LogP contribution is -2.19. The maximum atomic E-state index is 5.56. The van der Waals surface area contributed by atoms with Gasteiger partial charge in [0.2, 0.25) is 0 Å². The van der Waals surface area contributed by atoms with Gasteiger partial charge in [0.15, 0.2) is 0 Å². The number of fused-ring (bicyclic) bond motifs is 11. The van der Waals surface area contributed by atoms with E-state index in [2.05, 4.69) is 91.5 Å². The lowest BCUT2D eigenvalue weighted by Gasteiger charge is -2.33. The number of aryl methyl sites for hydroxylation is 1. The zero-order chi connectivity index (χ0) is 31.8. The lowest BCUT2D eigenvalue weighted by atomic mass is 9.69. The molecule has 14 bridgehead atoms. The Hall–Kier alpha value is -4.18. The van der Waals surface area contributed by atoms with E-state index in [0.717, 1.165) is 29.9 Å². The van der Waals surface area contributed by atoms with E-state index in [1.165, 1.54) is 111 Å². The first-order valence-electron chi connectivity index (χ1n) is 18.9. The molecule has 0 saturated heterocycles. The quantitative estimate of drug-likeness (QED) is 0.284. The second kappa shape index (κ2) is 9.94. The van der Waals surface area contributed by atoms with Gasteiger partial charge in [0.1, 0.15) is 0 Å². The molecule has 7 unspecified atom stereocenters. The van der Waals surface area contributed by atoms with Crippen LogP contribution in [0.1, 0.15) is 129 Å². The van der Waals surface area contributed by atoms with Crippen molar-refractivity contribution in [3.63, 3.8) is 0 Å². The Balaban J connectivity index is 1.30. The monoisotopic (exact) mass is 628 g/mol. The van der Waals surface area contributed by atoms with Gasteiger partial charge in [-0.1, -0.05) is 57.2 Å². The van der Waals surface area contributed by atoms with Crippen molar-refractivity contribution >= 4 is 44.4 Å². The number of nitrogens with zero attached hydrogens (tertiary/aromatic N) is 2. The molecule has 0 saturated carbocycles. The number of hydrogen-bond donors (Lipinski definition) is 2. The van der Waals surface area contributed by atoms with Gasteiger partial charge in [0.05, 0.1) is 22.8 Å². The minimum absolute atomic E-state index is 0.446. The van der Waals surface area contributed by atoms with Gasteiger partial charge >= 0.3 is 0 Å². The molecule has 3 aromatic heterocycles. The van der Waals surface area contributed by atoms with Gasteiger partial charge in [0.25, 0.3) is 0 Å². The average Bonchev–Trinajstić information content (AvgIpc) is 3.90. The maximum absolute atomic E-state index is 5.56. The van der Waals surface area contributed by atoms with E-state index in [4.69, 9.17) is 9.97 Å². The van der Waals surface area contributed by atoms with E-state index in [1.807, 2.05) is 0 Å². The van der Waals surface area contributed by atoms with Crippen molar-refractivity contribution in [2.24, 2.45) is 23.7 Å². The molecule has 3 aromatic rings. The summed E-state index contributed by atoms with van der Waals surface area (Å²) in [5.41, 5.74) is 21.5. The van der Waals surface area contributed by atoms with Crippen molar-refractivity contribution in [3.05, 3.63) is 106 Å². The predicted molar refractivity (Wildman–Crippen MR) is 197 cm³/mol. The van der Waals surface area contributed by atoms with E-state index in [1.54, 1.807) is 0 Å². The van der Waals surface area contributed by atoms with Crippen LogP contribution in [0, 0.1) is 23.7 Å². The molecule has 240 valence electrons. The second-order valence-corrected chi connectivity index (χ2v) is 15.8. The Morgan fingerprint density at radius 3 is 1.42 bits per heavy atom. The van der Waals surface area contributed by atoms with Crippen LogP contribution in [0.4, 0.5) is 0 Å². The van der Waals surface area contributed by atoms with E-state index >= 15 is 0 Å². The number of nitrogens with one attached hydrogen (secondary N) is 2. The summed E-state index contributed by atoms with van der Waals surface area (Å²) in [6, 6.07) is 9.71. The van der Waals surface area contributed by atoms with Gasteiger partial charge < -0.3 is 9.97 Å². The van der Waals surface area contributed by atoms with Crippen molar-refractivity contribution < 1.29 is 0 Å². The van der Waals surface area contributed by atoms with Gasteiger partial charge in [0, 0.05) is 57.6 Å². The highest BCUT2D eigenvalue weighted by molar-refractivity contribution is 6.01. The number of hydrogen-bond acceptors (Lipinski definition) is 2. The van der Waals surface area contributed by atoms with Crippen molar-refractivity contribution in [1.29, 1.82) is 0 Å². The maximum Gasteiger partial charge on any atom is 0.0700 e. The fraction of sp³-hybridized carbons (Fsp3) is 0.409. The SMILES string of the molecule is CCc1c(C(C)CC)c2cc3[nH]c(cc4nc(cc5nc(cc1[nH]2)C1=C5C2C=CC1CC2)C1=C4C2C=CC1CC2)c1c3C2C=CC1CC2. The summed E-state index contributed by atoms with van der Waals surface area (Å²) in [5, 5.41) is 0. The highest BCUT2D eigenvalue weighted by Crippen LogP contribution is 2.55. The average molecular weight is 629 g/mol. The molecule has 0 fully saturated rings. The molecule has 4 heteroatoms. The first-order valence-corrected chi connectivity index (χ1v) is 18.9. The highest BCUT2D eigenvalue weighted by atomic mass is 14.8. The fourth-order valence-electron chi connectivity index (χ4n) is 11.1. The number of aromatic nitrogens is 4. The van der Waals surface area contributed by atoms with Crippen LogP contribution in [0.3, 0.4) is 0 Å². The standard InChI is InChI=1S/C44H44N4/c1-4-22(3)38-29(5-2)30-18-32-39-23-6-8-25(9-7-23)41(39)34(46-32)20-36-43-27-14-16-28(17-15-27)44(43)37(48-36)21-35-42-26-12-10-24(11-13-26)40(42)33(47-35)19-31(38)45-30/h6,8,10,12,14,16,18-28,45,47H,4-5,7,9,11,13,15,17H2,1-3H3. The topological polar surface area (TPSA) is 57.4 Å². The first kappa shape index (κ1) is 27.7. The Morgan fingerprint density at radius 2 is 0.958 bits per heavy atom. The summed E-state index contributed by atoms with van der Waals surface area (Å²) in [6.07, 6.45) is 24.3. The summed E-state index contributed by atoms with van der Waals surface area (Å²) >= 11 is 0. The van der Waals surface area contributed by atoms with Gasteiger partial charge in [-0.3, -0.25) is 0 Å². The van der Waals surface area contributed by atoms with Crippen LogP contribution in [-0.2, 0) is 6.42 Å². The minimum atomic E-state index is 0.446. The number of aromatic amines is 2. The van der Waals surface area contributed by atoms with Crippen LogP contribution >= 0.6 is 0 Å². The zero-order valence-corrected chi connectivity index (χ0v) is 28.4.